The monoisotopic (exact) mass is 486 g/mol. The van der Waals surface area contributed by atoms with Gasteiger partial charge in [-0.2, -0.15) is 11.3 Å². The largest absolute Gasteiger partial charge is 0.352 e. The zero-order chi connectivity index (χ0) is 24.6. The lowest BCUT2D eigenvalue weighted by atomic mass is 10.1. The molecule has 0 aliphatic rings. The average molecular weight is 487 g/mol. The number of amides is 2. The number of nitrogens with zero attached hydrogens (tertiary/aromatic N) is 2. The molecule has 3 heterocycles. The number of carbonyl (C=O) groups is 2. The van der Waals surface area contributed by atoms with Gasteiger partial charge in [-0.25, -0.2) is 0 Å². The number of hydrogen-bond acceptors (Lipinski definition) is 5. The second-order valence-electron chi connectivity index (χ2n) is 8.21. The van der Waals surface area contributed by atoms with Crippen LogP contribution in [0.2, 0.25) is 0 Å². The molecule has 4 aromatic rings. The number of rotatable bonds is 9. The molecule has 0 atom stereocenters. The molecule has 3 aromatic heterocycles. The van der Waals surface area contributed by atoms with Crippen molar-refractivity contribution in [2.24, 2.45) is 0 Å². The molecule has 0 spiro atoms. The van der Waals surface area contributed by atoms with Gasteiger partial charge in [-0.1, -0.05) is 35.9 Å². The van der Waals surface area contributed by atoms with Crippen molar-refractivity contribution in [2.75, 3.05) is 0 Å². The van der Waals surface area contributed by atoms with Crippen LogP contribution < -0.4 is 16.1 Å². The Kier molecular flexibility index (Phi) is 7.84. The summed E-state index contributed by atoms with van der Waals surface area (Å²) >= 11 is 1.53. The fourth-order valence-corrected chi connectivity index (χ4v) is 4.20. The number of pyridine rings is 2. The molecule has 0 radical (unpaired) electrons. The molecule has 0 aliphatic heterocycles. The zero-order valence-electron chi connectivity index (χ0n) is 19.4. The molecule has 1 aromatic carbocycles. The van der Waals surface area contributed by atoms with Gasteiger partial charge in [0.15, 0.2) is 0 Å². The molecule has 0 fully saturated rings. The number of aryl methyl sites for hydroxylation is 3. The van der Waals surface area contributed by atoms with Gasteiger partial charge in [-0.05, 0) is 47.0 Å². The van der Waals surface area contributed by atoms with Gasteiger partial charge >= 0.3 is 0 Å². The van der Waals surface area contributed by atoms with E-state index in [1.54, 1.807) is 10.8 Å². The Morgan fingerprint density at radius 1 is 0.914 bits per heavy atom. The van der Waals surface area contributed by atoms with Crippen LogP contribution in [0.5, 0.6) is 0 Å². The van der Waals surface area contributed by atoms with Crippen molar-refractivity contribution in [1.82, 2.24) is 20.2 Å². The maximum atomic E-state index is 13.2. The molecule has 35 heavy (non-hydrogen) atoms. The van der Waals surface area contributed by atoms with Gasteiger partial charge in [0.25, 0.3) is 11.8 Å². The first-order valence-electron chi connectivity index (χ1n) is 11.3. The molecule has 4 rings (SSSR count). The lowest BCUT2D eigenvalue weighted by Crippen LogP contribution is -2.35. The van der Waals surface area contributed by atoms with Crippen LogP contribution in [0, 0.1) is 6.92 Å². The first kappa shape index (κ1) is 24.1. The number of benzene rings is 1. The highest BCUT2D eigenvalue weighted by Crippen LogP contribution is 2.08. The fourth-order valence-electron chi connectivity index (χ4n) is 3.53. The predicted molar refractivity (Wildman–Crippen MR) is 136 cm³/mol. The van der Waals surface area contributed by atoms with Crippen molar-refractivity contribution >= 4 is 23.2 Å². The number of thiophene rings is 1. The van der Waals surface area contributed by atoms with E-state index in [1.807, 2.05) is 66.2 Å². The molecule has 0 saturated heterocycles. The van der Waals surface area contributed by atoms with Gasteiger partial charge in [-0.3, -0.25) is 19.4 Å². The van der Waals surface area contributed by atoms with E-state index in [1.165, 1.54) is 23.7 Å². The summed E-state index contributed by atoms with van der Waals surface area (Å²) in [5.41, 5.74) is 3.14. The summed E-state index contributed by atoms with van der Waals surface area (Å²) in [5.74, 6) is -1.03. The molecule has 0 bridgehead atoms. The number of hydrogen-bond donors (Lipinski definition) is 2. The summed E-state index contributed by atoms with van der Waals surface area (Å²) in [7, 11) is 0. The highest BCUT2D eigenvalue weighted by Gasteiger charge is 2.19. The van der Waals surface area contributed by atoms with E-state index in [-0.39, 0.29) is 17.7 Å². The Bertz CT molecular complexity index is 1350. The van der Waals surface area contributed by atoms with Crippen molar-refractivity contribution in [3.63, 3.8) is 0 Å². The van der Waals surface area contributed by atoms with E-state index in [9.17, 15) is 14.4 Å². The number of carbonyl (C=O) groups excluding carboxylic acids is 2. The van der Waals surface area contributed by atoms with Crippen LogP contribution in [0.15, 0.2) is 82.7 Å². The van der Waals surface area contributed by atoms with Crippen LogP contribution in [-0.2, 0) is 26.1 Å². The fraction of sp³-hybridized carbons (Fsp3) is 0.185. The third-order valence-electron chi connectivity index (χ3n) is 5.53. The van der Waals surface area contributed by atoms with Gasteiger partial charge in [0, 0.05) is 50.3 Å². The van der Waals surface area contributed by atoms with E-state index in [0.29, 0.717) is 19.5 Å². The van der Waals surface area contributed by atoms with Gasteiger partial charge < -0.3 is 15.2 Å². The van der Waals surface area contributed by atoms with Gasteiger partial charge in [-0.15, -0.1) is 0 Å². The minimum Gasteiger partial charge on any atom is -0.352 e. The molecule has 2 N–H and O–H groups in total. The third kappa shape index (κ3) is 6.51. The van der Waals surface area contributed by atoms with Gasteiger partial charge in [0.05, 0.1) is 0 Å². The molecule has 0 unspecified atom stereocenters. The quantitative estimate of drug-likeness (QED) is 0.377. The van der Waals surface area contributed by atoms with Crippen LogP contribution in [0.4, 0.5) is 0 Å². The molecule has 0 saturated carbocycles. The smallest absolute Gasteiger partial charge is 0.257 e. The minimum absolute atomic E-state index is 0.0655. The lowest BCUT2D eigenvalue weighted by Gasteiger charge is -2.13. The molecule has 8 heteroatoms. The Balaban J connectivity index is 1.56. The molecule has 2 amide bonds. The molecule has 0 aliphatic carbocycles. The molecular formula is C27H26N4O3S. The van der Waals surface area contributed by atoms with E-state index in [2.05, 4.69) is 15.6 Å². The van der Waals surface area contributed by atoms with E-state index in [0.717, 1.165) is 22.4 Å². The second kappa shape index (κ2) is 11.4. The molecular weight excluding hydrogens is 460 g/mol. The third-order valence-corrected chi connectivity index (χ3v) is 6.26. The van der Waals surface area contributed by atoms with Crippen molar-refractivity contribution in [2.45, 2.75) is 33.0 Å². The Morgan fingerprint density at radius 3 is 2.20 bits per heavy atom. The highest BCUT2D eigenvalue weighted by molar-refractivity contribution is 7.07. The first-order valence-corrected chi connectivity index (χ1v) is 12.2. The van der Waals surface area contributed by atoms with Gasteiger partial charge in [0.2, 0.25) is 5.43 Å². The van der Waals surface area contributed by atoms with Crippen molar-refractivity contribution in [3.05, 3.63) is 122 Å². The van der Waals surface area contributed by atoms with Gasteiger partial charge in [0.1, 0.15) is 11.1 Å². The Morgan fingerprint density at radius 2 is 1.60 bits per heavy atom. The maximum Gasteiger partial charge on any atom is 0.257 e. The van der Waals surface area contributed by atoms with E-state index < -0.39 is 17.2 Å². The van der Waals surface area contributed by atoms with Crippen LogP contribution in [0.3, 0.4) is 0 Å². The summed E-state index contributed by atoms with van der Waals surface area (Å²) in [6.45, 7) is 3.03. The summed E-state index contributed by atoms with van der Waals surface area (Å²) in [6.07, 6.45) is 5.31. The maximum absolute atomic E-state index is 13.2. The van der Waals surface area contributed by atoms with Crippen LogP contribution in [0.25, 0.3) is 0 Å². The Hall–Kier alpha value is -4.04. The summed E-state index contributed by atoms with van der Waals surface area (Å²) in [4.78, 5) is 43.4. The Labute approximate surface area is 207 Å². The van der Waals surface area contributed by atoms with Crippen molar-refractivity contribution in [1.29, 1.82) is 0 Å². The lowest BCUT2D eigenvalue weighted by molar-refractivity contribution is 0.0947. The van der Waals surface area contributed by atoms with Crippen LogP contribution in [-0.4, -0.2) is 21.4 Å². The highest BCUT2D eigenvalue weighted by atomic mass is 32.1. The normalized spacial score (nSPS) is 10.7. The summed E-state index contributed by atoms with van der Waals surface area (Å²) in [5, 5.41) is 9.44. The topological polar surface area (TPSA) is 93.1 Å². The van der Waals surface area contributed by atoms with E-state index >= 15 is 0 Å². The zero-order valence-corrected chi connectivity index (χ0v) is 20.2. The number of nitrogens with one attached hydrogen (secondary N) is 2. The average Bonchev–Trinajstić information content (AvgIpc) is 3.40. The molecule has 7 nitrogen and oxygen atoms in total. The molecule has 178 valence electrons. The minimum atomic E-state index is -0.594. The van der Waals surface area contributed by atoms with Crippen molar-refractivity contribution in [3.8, 4) is 0 Å². The standard InChI is InChI=1S/C27H26N4O3S/c1-19-5-7-20(8-6-19)14-29-26(33)23-16-31(12-9-22-4-2-3-11-28-22)17-24(25(23)32)27(34)30-15-21-10-13-35-18-21/h2-8,10-11,13,16-18H,9,12,14-15H2,1H3,(H,29,33)(H,30,34). The predicted octanol–water partition coefficient (Wildman–Crippen LogP) is 3.72. The SMILES string of the molecule is Cc1ccc(CNC(=O)c2cn(CCc3ccccn3)cc(C(=O)NCc3ccsc3)c2=O)cc1. The summed E-state index contributed by atoms with van der Waals surface area (Å²) < 4.78 is 1.70. The van der Waals surface area contributed by atoms with Crippen molar-refractivity contribution < 1.29 is 9.59 Å². The first-order chi connectivity index (χ1) is 17.0. The second-order valence-corrected chi connectivity index (χ2v) is 8.99. The van der Waals surface area contributed by atoms with Crippen LogP contribution in [0.1, 0.15) is 43.1 Å². The van der Waals surface area contributed by atoms with E-state index in [4.69, 9.17) is 0 Å². The number of aromatic nitrogens is 2. The van der Waals surface area contributed by atoms with Crippen LogP contribution >= 0.6 is 11.3 Å². The summed E-state index contributed by atoms with van der Waals surface area (Å²) in [6, 6.07) is 15.3.